The van der Waals surface area contributed by atoms with Gasteiger partial charge in [0.25, 0.3) is 0 Å². The minimum Gasteiger partial charge on any atom is -0.303 e. The first kappa shape index (κ1) is 12.1. The molecule has 2 fully saturated rings. The molecule has 0 N–H and O–H groups in total. The Morgan fingerprint density at radius 3 is 2.81 bits per heavy atom. The number of nitrogens with zero attached hydrogens (tertiary/aromatic N) is 2. The third kappa shape index (κ3) is 2.83. The first-order valence-corrected chi connectivity index (χ1v) is 6.53. The molecule has 0 saturated carbocycles. The maximum Gasteiger partial charge on any atom is 0.126 e. The molecule has 92 valence electrons. The number of fused-ring (bicyclic) bond motifs is 1. The summed E-state index contributed by atoms with van der Waals surface area (Å²) in [6.07, 6.45) is 5.20. The van der Waals surface area contributed by atoms with Crippen LogP contribution in [0.2, 0.25) is 0 Å². The third-order valence-electron chi connectivity index (χ3n) is 3.87. The highest BCUT2D eigenvalue weighted by Crippen LogP contribution is 2.23. The van der Waals surface area contributed by atoms with E-state index < -0.39 is 0 Å². The first-order chi connectivity index (χ1) is 7.61. The fraction of sp³-hybridized carbons (Fsp3) is 0.923. The zero-order valence-electron chi connectivity index (χ0n) is 10.6. The van der Waals surface area contributed by atoms with E-state index in [9.17, 15) is 4.79 Å². The van der Waals surface area contributed by atoms with Crippen LogP contribution in [0.1, 0.15) is 33.1 Å². The molecule has 1 unspecified atom stereocenters. The minimum atomic E-state index is -0.184. The van der Waals surface area contributed by atoms with Crippen molar-refractivity contribution in [3.63, 3.8) is 0 Å². The number of piperidine rings is 1. The van der Waals surface area contributed by atoms with E-state index in [1.54, 1.807) is 0 Å². The van der Waals surface area contributed by atoms with Crippen LogP contribution >= 0.6 is 0 Å². The van der Waals surface area contributed by atoms with Crippen molar-refractivity contribution in [1.82, 2.24) is 9.80 Å². The number of carbonyl (C=O) groups excluding carboxylic acids is 1. The van der Waals surface area contributed by atoms with E-state index in [1.807, 2.05) is 13.8 Å². The Balaban J connectivity index is 1.87. The maximum absolute atomic E-state index is 10.9. The predicted molar refractivity (Wildman–Crippen MR) is 65.5 cm³/mol. The Hall–Kier alpha value is -0.410. The Kier molecular flexibility index (Phi) is 3.65. The van der Waals surface area contributed by atoms with Crippen LogP contribution in [-0.2, 0) is 4.79 Å². The monoisotopic (exact) mass is 224 g/mol. The highest BCUT2D eigenvalue weighted by molar-refractivity contribution is 5.58. The van der Waals surface area contributed by atoms with E-state index >= 15 is 0 Å². The van der Waals surface area contributed by atoms with Gasteiger partial charge in [0.05, 0.1) is 0 Å². The molecule has 0 bridgehead atoms. The van der Waals surface area contributed by atoms with Crippen molar-refractivity contribution in [2.45, 2.75) is 39.2 Å². The molecule has 0 radical (unpaired) electrons. The Bertz CT molecular complexity index is 252. The molecule has 3 nitrogen and oxygen atoms in total. The normalized spacial score (nSPS) is 28.8. The van der Waals surface area contributed by atoms with E-state index in [2.05, 4.69) is 9.80 Å². The van der Waals surface area contributed by atoms with Gasteiger partial charge in [-0.2, -0.15) is 0 Å². The molecule has 0 aromatic heterocycles. The summed E-state index contributed by atoms with van der Waals surface area (Å²) in [6, 6.07) is 0.755. The van der Waals surface area contributed by atoms with Crippen LogP contribution in [0, 0.1) is 5.41 Å². The maximum atomic E-state index is 10.9. The second kappa shape index (κ2) is 4.84. The van der Waals surface area contributed by atoms with E-state index in [0.29, 0.717) is 0 Å². The zero-order valence-corrected chi connectivity index (χ0v) is 10.6. The highest BCUT2D eigenvalue weighted by Gasteiger charge is 2.31. The molecule has 2 rings (SSSR count). The number of aldehydes is 1. The molecule has 2 aliphatic rings. The molecule has 1 atom stereocenters. The molecule has 0 spiro atoms. The van der Waals surface area contributed by atoms with Gasteiger partial charge in [-0.05, 0) is 19.4 Å². The second-order valence-corrected chi connectivity index (χ2v) is 6.03. The van der Waals surface area contributed by atoms with Crippen LogP contribution in [-0.4, -0.2) is 54.9 Å². The van der Waals surface area contributed by atoms with Gasteiger partial charge in [0.2, 0.25) is 0 Å². The van der Waals surface area contributed by atoms with Crippen LogP contribution in [0.4, 0.5) is 0 Å². The topological polar surface area (TPSA) is 23.6 Å². The van der Waals surface area contributed by atoms with Crippen LogP contribution in [0.3, 0.4) is 0 Å². The Morgan fingerprint density at radius 1 is 1.25 bits per heavy atom. The van der Waals surface area contributed by atoms with Gasteiger partial charge < -0.3 is 4.79 Å². The second-order valence-electron chi connectivity index (χ2n) is 6.03. The van der Waals surface area contributed by atoms with Crippen molar-refractivity contribution in [1.29, 1.82) is 0 Å². The summed E-state index contributed by atoms with van der Waals surface area (Å²) in [5.74, 6) is 0. The molecule has 2 aliphatic heterocycles. The molecule has 0 aromatic rings. The molecular formula is C13H24N2O. The Morgan fingerprint density at radius 2 is 2.06 bits per heavy atom. The van der Waals surface area contributed by atoms with Gasteiger partial charge in [0, 0.05) is 37.6 Å². The van der Waals surface area contributed by atoms with Crippen LogP contribution < -0.4 is 0 Å². The van der Waals surface area contributed by atoms with Crippen molar-refractivity contribution in [2.24, 2.45) is 5.41 Å². The average molecular weight is 224 g/mol. The van der Waals surface area contributed by atoms with Crippen molar-refractivity contribution in [3.05, 3.63) is 0 Å². The van der Waals surface area contributed by atoms with Gasteiger partial charge in [-0.25, -0.2) is 0 Å². The van der Waals surface area contributed by atoms with Crippen LogP contribution in [0.5, 0.6) is 0 Å². The molecule has 0 amide bonds. The van der Waals surface area contributed by atoms with Crippen molar-refractivity contribution in [2.75, 3.05) is 32.7 Å². The van der Waals surface area contributed by atoms with Gasteiger partial charge in [-0.1, -0.05) is 20.3 Å². The number of hydrogen-bond donors (Lipinski definition) is 0. The van der Waals surface area contributed by atoms with Gasteiger partial charge >= 0.3 is 0 Å². The van der Waals surface area contributed by atoms with E-state index in [1.165, 1.54) is 32.4 Å². The molecule has 2 heterocycles. The summed E-state index contributed by atoms with van der Waals surface area (Å²) >= 11 is 0. The lowest BCUT2D eigenvalue weighted by atomic mass is 9.93. The molecule has 16 heavy (non-hydrogen) atoms. The standard InChI is InChI=1S/C13H24N2O/c1-13(2,11-16)10-14-7-8-15-6-4-3-5-12(15)9-14/h11-12H,3-10H2,1-2H3. The van der Waals surface area contributed by atoms with E-state index in [0.717, 1.165) is 32.0 Å². The van der Waals surface area contributed by atoms with Gasteiger partial charge in [-0.15, -0.1) is 0 Å². The Labute approximate surface area is 98.8 Å². The molecule has 0 aliphatic carbocycles. The lowest BCUT2D eigenvalue weighted by Gasteiger charge is -2.45. The van der Waals surface area contributed by atoms with Gasteiger partial charge in [0.1, 0.15) is 6.29 Å². The summed E-state index contributed by atoms with van der Waals surface area (Å²) in [5.41, 5.74) is -0.184. The zero-order chi connectivity index (χ0) is 11.6. The van der Waals surface area contributed by atoms with Crippen molar-refractivity contribution >= 4 is 6.29 Å². The highest BCUT2D eigenvalue weighted by atomic mass is 16.1. The largest absolute Gasteiger partial charge is 0.303 e. The summed E-state index contributed by atoms with van der Waals surface area (Å²) < 4.78 is 0. The minimum absolute atomic E-state index is 0.184. The number of carbonyl (C=O) groups is 1. The molecule has 3 heteroatoms. The molecule has 2 saturated heterocycles. The molecule has 0 aromatic carbocycles. The summed E-state index contributed by atoms with van der Waals surface area (Å²) in [4.78, 5) is 16.1. The summed E-state index contributed by atoms with van der Waals surface area (Å²) in [5, 5.41) is 0. The SMILES string of the molecule is CC(C)(C=O)CN1CCN2CCCCC2C1. The van der Waals surface area contributed by atoms with E-state index in [4.69, 9.17) is 0 Å². The first-order valence-electron chi connectivity index (χ1n) is 6.53. The summed E-state index contributed by atoms with van der Waals surface area (Å²) in [7, 11) is 0. The number of piperazine rings is 1. The molecular weight excluding hydrogens is 200 g/mol. The van der Waals surface area contributed by atoms with E-state index in [-0.39, 0.29) is 5.41 Å². The summed E-state index contributed by atoms with van der Waals surface area (Å²) in [6.45, 7) is 9.77. The van der Waals surface area contributed by atoms with Gasteiger partial charge in [-0.3, -0.25) is 9.80 Å². The fourth-order valence-electron chi connectivity index (χ4n) is 2.98. The smallest absolute Gasteiger partial charge is 0.126 e. The quantitative estimate of drug-likeness (QED) is 0.677. The number of rotatable bonds is 3. The van der Waals surface area contributed by atoms with Crippen LogP contribution in [0.15, 0.2) is 0 Å². The van der Waals surface area contributed by atoms with Crippen LogP contribution in [0.25, 0.3) is 0 Å². The average Bonchev–Trinajstić information content (AvgIpc) is 2.28. The lowest BCUT2D eigenvalue weighted by Crippen LogP contribution is -2.56. The lowest BCUT2D eigenvalue weighted by molar-refractivity contribution is -0.116. The number of hydrogen-bond acceptors (Lipinski definition) is 3. The van der Waals surface area contributed by atoms with Crippen molar-refractivity contribution in [3.8, 4) is 0 Å². The van der Waals surface area contributed by atoms with Gasteiger partial charge in [0.15, 0.2) is 0 Å². The fourth-order valence-corrected chi connectivity index (χ4v) is 2.98. The van der Waals surface area contributed by atoms with Crippen molar-refractivity contribution < 1.29 is 4.79 Å². The predicted octanol–water partition coefficient (Wildman–Crippen LogP) is 1.38. The third-order valence-corrected chi connectivity index (χ3v) is 3.87.